The Kier molecular flexibility index (Phi) is 9.58. The molecule has 0 aliphatic carbocycles. The zero-order valence-electron chi connectivity index (χ0n) is 23.0. The Labute approximate surface area is 249 Å². The molecule has 0 N–H and O–H groups in total. The fourth-order valence-electron chi connectivity index (χ4n) is 3.22. The molecular formula is C27H29Cl3F2N3O3SSi+. The van der Waals surface area contributed by atoms with Crippen LogP contribution in [0.1, 0.15) is 20.8 Å². The van der Waals surface area contributed by atoms with E-state index in [0.717, 1.165) is 8.88 Å². The minimum Gasteiger partial charge on any atom is -0.540 e. The van der Waals surface area contributed by atoms with Crippen molar-refractivity contribution in [1.82, 2.24) is 8.88 Å². The number of rotatable bonds is 7. The van der Waals surface area contributed by atoms with E-state index in [1.54, 1.807) is 0 Å². The summed E-state index contributed by atoms with van der Waals surface area (Å²) in [6.07, 6.45) is 0. The summed E-state index contributed by atoms with van der Waals surface area (Å²) in [6.45, 7) is 9.79. The van der Waals surface area contributed by atoms with E-state index in [2.05, 4.69) is 11.0 Å². The van der Waals surface area contributed by atoms with Gasteiger partial charge in [0.2, 0.25) is 15.7 Å². The van der Waals surface area contributed by atoms with Crippen LogP contribution in [0.15, 0.2) is 58.4 Å². The third-order valence-corrected chi connectivity index (χ3v) is 13.8. The average Bonchev–Trinajstić information content (AvgIpc) is 2.84. The highest BCUT2D eigenvalue weighted by atomic mass is 35.5. The van der Waals surface area contributed by atoms with Gasteiger partial charge in [-0.15, -0.1) is 4.58 Å². The normalized spacial score (nSPS) is 12.3. The molecule has 0 bridgehead atoms. The molecule has 0 amide bonds. The Hall–Kier alpha value is -2.30. The van der Waals surface area contributed by atoms with Crippen LogP contribution < -0.4 is 9.00 Å². The van der Waals surface area contributed by atoms with Crippen LogP contribution in [-0.2, 0) is 10.0 Å². The lowest BCUT2D eigenvalue weighted by molar-refractivity contribution is 0.471. The minimum atomic E-state index is -4.18. The Balaban J connectivity index is 2.55. The van der Waals surface area contributed by atoms with Gasteiger partial charge in [-0.05, 0) is 54.5 Å². The standard InChI is InChI=1S/C27H29Cl3F2N3O3SSi/c1-27(2,3)40(6,7)38-25-22(15-14-19(30)26(25)39(36,37)34(4)5)35(21-13-9-11-18(29)24(21)32)16-33-20-12-8-10-17(28)23(20)31/h8-15H,1-7H3/q+1. The molecule has 3 rings (SSSR count). The monoisotopic (exact) mass is 646 g/mol. The van der Waals surface area contributed by atoms with Gasteiger partial charge in [-0.3, -0.25) is 0 Å². The van der Waals surface area contributed by atoms with Gasteiger partial charge in [0, 0.05) is 19.1 Å². The summed E-state index contributed by atoms with van der Waals surface area (Å²) in [5.74, 6) is -1.78. The van der Waals surface area contributed by atoms with Gasteiger partial charge in [0.1, 0.15) is 4.90 Å². The summed E-state index contributed by atoms with van der Waals surface area (Å²) in [5.41, 5.74) is -0.279. The maximum absolute atomic E-state index is 15.5. The van der Waals surface area contributed by atoms with Gasteiger partial charge in [0.05, 0.1) is 15.1 Å². The van der Waals surface area contributed by atoms with Crippen molar-refractivity contribution in [3.8, 4) is 5.75 Å². The molecular weight excluding hydrogens is 619 g/mol. The first kappa shape index (κ1) is 32.2. The molecule has 0 saturated carbocycles. The van der Waals surface area contributed by atoms with Crippen LogP contribution in [0.5, 0.6) is 5.75 Å². The average molecular weight is 648 g/mol. The third-order valence-electron chi connectivity index (χ3n) is 6.56. The van der Waals surface area contributed by atoms with E-state index in [1.165, 1.54) is 62.6 Å². The molecule has 0 atom stereocenters. The molecule has 214 valence electrons. The molecule has 3 aromatic rings. The number of halogens is 5. The van der Waals surface area contributed by atoms with E-state index < -0.39 is 30.0 Å². The first-order valence-corrected chi connectivity index (χ1v) is 17.5. The van der Waals surface area contributed by atoms with Crippen molar-refractivity contribution >= 4 is 76.2 Å². The zero-order chi connectivity index (χ0) is 30.2. The van der Waals surface area contributed by atoms with Gasteiger partial charge in [0.15, 0.2) is 28.8 Å². The second-order valence-corrected chi connectivity index (χ2v) is 18.6. The molecule has 0 aliphatic rings. The number of aliphatic imine (C=N–C) groups is 1. The number of nitrogens with zero attached hydrogens (tertiary/aromatic N) is 3. The van der Waals surface area contributed by atoms with Crippen LogP contribution in [0, 0.1) is 11.6 Å². The lowest BCUT2D eigenvalue weighted by Gasteiger charge is -2.37. The molecule has 0 saturated heterocycles. The number of hydrogen-bond donors (Lipinski definition) is 0. The Bertz CT molecular complexity index is 1640. The quantitative estimate of drug-likeness (QED) is 0.146. The van der Waals surface area contributed by atoms with Gasteiger partial charge in [-0.1, -0.05) is 67.7 Å². The maximum atomic E-state index is 15.5. The predicted octanol–water partition coefficient (Wildman–Crippen LogP) is 8.90. The molecule has 0 aliphatic heterocycles. The SMILES string of the molecule is CN(C)S(=O)(=O)c1c(Cl)ccc([N+](=C=Nc2cccc(Cl)c2F)c2cccc(Cl)c2F)c1O[Si](C)(C)C(C)(C)C. The Morgan fingerprint density at radius 1 is 0.900 bits per heavy atom. The van der Waals surface area contributed by atoms with Crippen molar-refractivity contribution in [2.45, 2.75) is 43.8 Å². The summed E-state index contributed by atoms with van der Waals surface area (Å²) >= 11 is 18.5. The molecule has 0 spiro atoms. The Morgan fingerprint density at radius 2 is 1.48 bits per heavy atom. The highest BCUT2D eigenvalue weighted by molar-refractivity contribution is 7.89. The van der Waals surface area contributed by atoms with Crippen LogP contribution in [0.4, 0.5) is 25.8 Å². The van der Waals surface area contributed by atoms with E-state index >= 15 is 4.39 Å². The molecule has 6 nitrogen and oxygen atoms in total. The van der Waals surface area contributed by atoms with Gasteiger partial charge in [-0.25, -0.2) is 21.5 Å². The van der Waals surface area contributed by atoms with Crippen molar-refractivity contribution in [3.63, 3.8) is 0 Å². The number of hydrogen-bond acceptors (Lipinski definition) is 4. The molecule has 40 heavy (non-hydrogen) atoms. The zero-order valence-corrected chi connectivity index (χ0v) is 27.1. The molecule has 0 aromatic heterocycles. The first-order valence-electron chi connectivity index (χ1n) is 12.0. The first-order chi connectivity index (χ1) is 18.4. The van der Waals surface area contributed by atoms with E-state index in [4.69, 9.17) is 39.2 Å². The lowest BCUT2D eigenvalue weighted by atomic mass is 10.2. The Morgan fingerprint density at radius 3 is 2.05 bits per heavy atom. The summed E-state index contributed by atoms with van der Waals surface area (Å²) in [7, 11) is -4.20. The summed E-state index contributed by atoms with van der Waals surface area (Å²) < 4.78 is 66.0. The highest BCUT2D eigenvalue weighted by Gasteiger charge is 2.42. The van der Waals surface area contributed by atoms with Gasteiger partial charge >= 0.3 is 6.01 Å². The molecule has 0 fully saturated rings. The largest absolute Gasteiger partial charge is 0.540 e. The van der Waals surface area contributed by atoms with Crippen LogP contribution in [0.3, 0.4) is 0 Å². The van der Waals surface area contributed by atoms with Crippen molar-refractivity contribution in [3.05, 3.63) is 75.2 Å². The topological polar surface area (TPSA) is 62.0 Å². The summed E-state index contributed by atoms with van der Waals surface area (Å²) in [6, 6.07) is 13.9. The maximum Gasteiger partial charge on any atom is 0.324 e. The van der Waals surface area contributed by atoms with Crippen LogP contribution >= 0.6 is 34.8 Å². The van der Waals surface area contributed by atoms with Crippen molar-refractivity contribution < 1.29 is 21.6 Å². The van der Waals surface area contributed by atoms with E-state index in [9.17, 15) is 12.8 Å². The lowest BCUT2D eigenvalue weighted by Crippen LogP contribution is -2.44. The van der Waals surface area contributed by atoms with Gasteiger partial charge in [-0.2, -0.15) is 0 Å². The van der Waals surface area contributed by atoms with E-state index in [0.29, 0.717) is 0 Å². The number of sulfonamides is 1. The van der Waals surface area contributed by atoms with Crippen molar-refractivity contribution in [1.29, 1.82) is 0 Å². The van der Waals surface area contributed by atoms with Crippen LogP contribution in [0.25, 0.3) is 0 Å². The van der Waals surface area contributed by atoms with Crippen LogP contribution in [0.2, 0.25) is 33.2 Å². The summed E-state index contributed by atoms with van der Waals surface area (Å²) in [4.78, 5) is 3.78. The fourth-order valence-corrected chi connectivity index (χ4v) is 6.16. The summed E-state index contributed by atoms with van der Waals surface area (Å²) in [5, 5.41) is -0.841. The van der Waals surface area contributed by atoms with E-state index in [1.807, 2.05) is 33.9 Å². The third kappa shape index (κ3) is 6.44. The van der Waals surface area contributed by atoms with Gasteiger partial charge in [0.25, 0.3) is 8.32 Å². The fraction of sp³-hybridized carbons (Fsp3) is 0.296. The molecule has 13 heteroatoms. The van der Waals surface area contributed by atoms with Crippen LogP contribution in [-0.4, -0.2) is 41.1 Å². The second-order valence-electron chi connectivity index (χ2n) is 10.6. The second kappa shape index (κ2) is 11.9. The van der Waals surface area contributed by atoms with E-state index in [-0.39, 0.29) is 47.8 Å². The van der Waals surface area contributed by atoms with Gasteiger partial charge < -0.3 is 4.43 Å². The smallest absolute Gasteiger partial charge is 0.324 e. The molecule has 0 unspecified atom stereocenters. The molecule has 0 radical (unpaired) electrons. The number of benzene rings is 3. The predicted molar refractivity (Wildman–Crippen MR) is 162 cm³/mol. The highest BCUT2D eigenvalue weighted by Crippen LogP contribution is 2.46. The van der Waals surface area contributed by atoms with Crippen molar-refractivity contribution in [2.24, 2.45) is 4.99 Å². The molecule has 3 aromatic carbocycles. The molecule has 0 heterocycles. The minimum absolute atomic E-state index is 0.0435. The van der Waals surface area contributed by atoms with Crippen molar-refractivity contribution in [2.75, 3.05) is 14.1 Å².